The van der Waals surface area contributed by atoms with Crippen molar-refractivity contribution in [2.24, 2.45) is 0 Å². The minimum atomic E-state index is -0.331. The van der Waals surface area contributed by atoms with E-state index in [1.807, 2.05) is 0 Å². The van der Waals surface area contributed by atoms with E-state index >= 15 is 0 Å². The summed E-state index contributed by atoms with van der Waals surface area (Å²) < 4.78 is 12.7. The average Bonchev–Trinajstić information content (AvgIpc) is 2.85. The van der Waals surface area contributed by atoms with Gasteiger partial charge in [0.25, 0.3) is 0 Å². The quantitative estimate of drug-likeness (QED) is 0.778. The Balaban J connectivity index is 2.41. The lowest BCUT2D eigenvalue weighted by Gasteiger charge is -2.13. The molecule has 0 aromatic heterocycles. The molecule has 1 fully saturated rings. The average molecular weight is 201 g/mol. The number of aliphatic hydroxyl groups excluding tert-OH is 1. The summed E-state index contributed by atoms with van der Waals surface area (Å²) in [5.74, 6) is -0.331. The fourth-order valence-corrected chi connectivity index (χ4v) is 1.95. The maximum atomic E-state index is 12.7. The summed E-state index contributed by atoms with van der Waals surface area (Å²) in [4.78, 5) is 0. The third-order valence-electron chi connectivity index (χ3n) is 2.66. The molecule has 0 amide bonds. The second kappa shape index (κ2) is 2.96. The van der Waals surface area contributed by atoms with Gasteiger partial charge in [0, 0.05) is 10.4 Å². The zero-order valence-electron chi connectivity index (χ0n) is 7.06. The van der Waals surface area contributed by atoms with Crippen LogP contribution in [0.2, 0.25) is 5.02 Å². The van der Waals surface area contributed by atoms with Crippen LogP contribution < -0.4 is 0 Å². The van der Waals surface area contributed by atoms with Crippen molar-refractivity contribution in [1.82, 2.24) is 0 Å². The molecule has 1 aromatic carbocycles. The molecule has 1 N–H and O–H groups in total. The molecule has 0 atom stereocenters. The number of benzene rings is 1. The number of aliphatic hydroxyl groups is 1. The topological polar surface area (TPSA) is 20.2 Å². The van der Waals surface area contributed by atoms with Crippen molar-refractivity contribution in [2.45, 2.75) is 18.3 Å². The largest absolute Gasteiger partial charge is 0.395 e. The first-order valence-corrected chi connectivity index (χ1v) is 4.62. The minimum absolute atomic E-state index is 0.0956. The standard InChI is InChI=1S/C10H10ClFO/c11-9-5-7(12)1-2-8(9)10(6-13)3-4-10/h1-2,5,13H,3-4,6H2. The SMILES string of the molecule is OCC1(c2ccc(F)cc2Cl)CC1. The van der Waals surface area contributed by atoms with Gasteiger partial charge < -0.3 is 5.11 Å². The first kappa shape index (κ1) is 8.97. The van der Waals surface area contributed by atoms with Crippen LogP contribution in [0.25, 0.3) is 0 Å². The number of rotatable bonds is 2. The monoisotopic (exact) mass is 200 g/mol. The predicted octanol–water partition coefficient (Wildman–Crippen LogP) is 2.50. The second-order valence-corrected chi connectivity index (χ2v) is 3.97. The minimum Gasteiger partial charge on any atom is -0.395 e. The summed E-state index contributed by atoms with van der Waals surface area (Å²) in [6, 6.07) is 4.35. The van der Waals surface area contributed by atoms with E-state index in [4.69, 9.17) is 16.7 Å². The van der Waals surface area contributed by atoms with Gasteiger partial charge in [-0.05, 0) is 30.5 Å². The molecule has 1 saturated carbocycles. The zero-order chi connectivity index (χ0) is 9.47. The molecule has 1 aliphatic rings. The molecular weight excluding hydrogens is 191 g/mol. The Hall–Kier alpha value is -0.600. The van der Waals surface area contributed by atoms with E-state index in [1.54, 1.807) is 6.07 Å². The maximum Gasteiger partial charge on any atom is 0.124 e. The molecule has 0 aliphatic heterocycles. The van der Waals surface area contributed by atoms with Crippen LogP contribution >= 0.6 is 11.6 Å². The summed E-state index contributed by atoms with van der Waals surface area (Å²) >= 11 is 5.88. The van der Waals surface area contributed by atoms with Gasteiger partial charge >= 0.3 is 0 Å². The number of halogens is 2. The summed E-state index contributed by atoms with van der Waals surface area (Å²) in [7, 11) is 0. The smallest absolute Gasteiger partial charge is 0.124 e. The van der Waals surface area contributed by atoms with Crippen LogP contribution in [-0.2, 0) is 5.41 Å². The molecule has 1 aromatic rings. The highest BCUT2D eigenvalue weighted by molar-refractivity contribution is 6.31. The van der Waals surface area contributed by atoms with Gasteiger partial charge in [-0.25, -0.2) is 4.39 Å². The molecule has 70 valence electrons. The lowest BCUT2D eigenvalue weighted by atomic mass is 9.97. The fraction of sp³-hybridized carbons (Fsp3) is 0.400. The van der Waals surface area contributed by atoms with Crippen molar-refractivity contribution in [3.8, 4) is 0 Å². The van der Waals surface area contributed by atoms with E-state index in [0.29, 0.717) is 5.02 Å². The van der Waals surface area contributed by atoms with Gasteiger partial charge in [0.05, 0.1) is 6.61 Å². The van der Waals surface area contributed by atoms with Crippen molar-refractivity contribution < 1.29 is 9.50 Å². The van der Waals surface area contributed by atoms with Gasteiger partial charge in [0.15, 0.2) is 0 Å². The molecule has 1 nitrogen and oxygen atoms in total. The highest BCUT2D eigenvalue weighted by Gasteiger charge is 2.44. The van der Waals surface area contributed by atoms with Crippen LogP contribution in [-0.4, -0.2) is 11.7 Å². The molecule has 13 heavy (non-hydrogen) atoms. The van der Waals surface area contributed by atoms with Crippen LogP contribution in [0.3, 0.4) is 0 Å². The van der Waals surface area contributed by atoms with E-state index in [0.717, 1.165) is 18.4 Å². The molecule has 3 heteroatoms. The van der Waals surface area contributed by atoms with Crippen molar-refractivity contribution >= 4 is 11.6 Å². The molecule has 0 heterocycles. The Morgan fingerprint density at radius 3 is 2.62 bits per heavy atom. The molecule has 0 saturated heterocycles. The van der Waals surface area contributed by atoms with Gasteiger partial charge in [-0.3, -0.25) is 0 Å². The van der Waals surface area contributed by atoms with Crippen LogP contribution in [0.15, 0.2) is 18.2 Å². The van der Waals surface area contributed by atoms with Crippen LogP contribution in [0.1, 0.15) is 18.4 Å². The Morgan fingerprint density at radius 1 is 1.46 bits per heavy atom. The molecular formula is C10H10ClFO. The van der Waals surface area contributed by atoms with Gasteiger partial charge in [0.1, 0.15) is 5.82 Å². The van der Waals surface area contributed by atoms with Crippen LogP contribution in [0.5, 0.6) is 0 Å². The van der Waals surface area contributed by atoms with Gasteiger partial charge in [-0.1, -0.05) is 17.7 Å². The van der Waals surface area contributed by atoms with Crippen molar-refractivity contribution in [3.05, 3.63) is 34.6 Å². The molecule has 0 bridgehead atoms. The summed E-state index contributed by atoms with van der Waals surface area (Å²) in [6.45, 7) is 0.0956. The molecule has 0 unspecified atom stereocenters. The maximum absolute atomic E-state index is 12.7. The summed E-state index contributed by atoms with van der Waals surface area (Å²) in [5.41, 5.74) is 0.697. The van der Waals surface area contributed by atoms with Crippen molar-refractivity contribution in [3.63, 3.8) is 0 Å². The summed E-state index contributed by atoms with van der Waals surface area (Å²) in [6.07, 6.45) is 1.88. The lowest BCUT2D eigenvalue weighted by molar-refractivity contribution is 0.255. The van der Waals surface area contributed by atoms with Gasteiger partial charge in [0.2, 0.25) is 0 Å². The van der Waals surface area contributed by atoms with Crippen molar-refractivity contribution in [1.29, 1.82) is 0 Å². The van der Waals surface area contributed by atoms with Crippen LogP contribution in [0.4, 0.5) is 4.39 Å². The Kier molecular flexibility index (Phi) is 2.05. The van der Waals surface area contributed by atoms with Crippen molar-refractivity contribution in [2.75, 3.05) is 6.61 Å². The normalized spacial score (nSPS) is 18.7. The lowest BCUT2D eigenvalue weighted by Crippen LogP contribution is -2.12. The highest BCUT2D eigenvalue weighted by atomic mass is 35.5. The first-order chi connectivity index (χ1) is 6.18. The molecule has 2 rings (SSSR count). The third kappa shape index (κ3) is 1.45. The fourth-order valence-electron chi connectivity index (χ4n) is 1.58. The van der Waals surface area contributed by atoms with E-state index < -0.39 is 0 Å². The van der Waals surface area contributed by atoms with E-state index in [9.17, 15) is 4.39 Å². The van der Waals surface area contributed by atoms with E-state index in [-0.39, 0.29) is 17.8 Å². The zero-order valence-corrected chi connectivity index (χ0v) is 7.81. The number of hydrogen-bond acceptors (Lipinski definition) is 1. The Morgan fingerprint density at radius 2 is 2.15 bits per heavy atom. The third-order valence-corrected chi connectivity index (χ3v) is 2.97. The van der Waals surface area contributed by atoms with Gasteiger partial charge in [-0.2, -0.15) is 0 Å². The van der Waals surface area contributed by atoms with E-state index in [2.05, 4.69) is 0 Å². The second-order valence-electron chi connectivity index (χ2n) is 3.56. The van der Waals surface area contributed by atoms with Gasteiger partial charge in [-0.15, -0.1) is 0 Å². The highest BCUT2D eigenvalue weighted by Crippen LogP contribution is 2.49. The first-order valence-electron chi connectivity index (χ1n) is 4.24. The molecule has 1 aliphatic carbocycles. The predicted molar refractivity (Wildman–Crippen MR) is 49.4 cm³/mol. The molecule has 0 spiro atoms. The Bertz CT molecular complexity index is 334. The Labute approximate surface area is 81.1 Å². The molecule has 0 radical (unpaired) electrons. The summed E-state index contributed by atoms with van der Waals surface area (Å²) in [5, 5.41) is 9.57. The van der Waals surface area contributed by atoms with Crippen LogP contribution in [0, 0.1) is 5.82 Å². The van der Waals surface area contributed by atoms with E-state index in [1.165, 1.54) is 12.1 Å². The number of hydrogen-bond donors (Lipinski definition) is 1.